The van der Waals surface area contributed by atoms with Gasteiger partial charge in [-0.3, -0.25) is 9.69 Å². The van der Waals surface area contributed by atoms with E-state index in [4.69, 9.17) is 0 Å². The van der Waals surface area contributed by atoms with Gasteiger partial charge in [0.2, 0.25) is 0 Å². The van der Waals surface area contributed by atoms with Gasteiger partial charge in [-0.15, -0.1) is 6.58 Å². The first-order chi connectivity index (χ1) is 16.4. The Labute approximate surface area is 202 Å². The summed E-state index contributed by atoms with van der Waals surface area (Å²) in [5, 5.41) is 4.28. The van der Waals surface area contributed by atoms with E-state index in [9.17, 15) is 9.59 Å². The van der Waals surface area contributed by atoms with Gasteiger partial charge in [0.1, 0.15) is 6.04 Å². The average Bonchev–Trinajstić information content (AvgIpc) is 3.13. The van der Waals surface area contributed by atoms with Crippen molar-refractivity contribution >= 4 is 22.7 Å². The number of carbonyl (C=O) groups is 2. The lowest BCUT2D eigenvalue weighted by Crippen LogP contribution is -2.53. The number of urea groups is 1. The first-order valence-electron chi connectivity index (χ1n) is 12.6. The van der Waals surface area contributed by atoms with Gasteiger partial charge in [-0.1, -0.05) is 18.2 Å². The summed E-state index contributed by atoms with van der Waals surface area (Å²) in [4.78, 5) is 36.5. The van der Waals surface area contributed by atoms with Crippen LogP contribution >= 0.6 is 0 Å². The van der Waals surface area contributed by atoms with Gasteiger partial charge in [0, 0.05) is 55.2 Å². The summed E-state index contributed by atoms with van der Waals surface area (Å²) in [7, 11) is 4.07. The summed E-state index contributed by atoms with van der Waals surface area (Å²) in [5.74, 6) is 0.496. The number of H-pyrrole nitrogens is 1. The van der Waals surface area contributed by atoms with Gasteiger partial charge in [0.15, 0.2) is 5.78 Å². The molecule has 2 aromatic rings. The topological polar surface area (TPSA) is 71.7 Å². The van der Waals surface area contributed by atoms with Crippen molar-refractivity contribution in [1.82, 2.24) is 25.0 Å². The van der Waals surface area contributed by atoms with E-state index >= 15 is 0 Å². The number of nitrogens with one attached hydrogen (secondary N) is 2. The molecule has 2 fully saturated rings. The highest BCUT2D eigenvalue weighted by Gasteiger charge is 2.71. The van der Waals surface area contributed by atoms with Gasteiger partial charge in [-0.25, -0.2) is 4.79 Å². The zero-order valence-electron chi connectivity index (χ0n) is 20.6. The van der Waals surface area contributed by atoms with Crippen LogP contribution in [0.15, 0.2) is 37.1 Å². The molecule has 34 heavy (non-hydrogen) atoms. The molecule has 1 aliphatic heterocycles. The van der Waals surface area contributed by atoms with Crippen LogP contribution in [0.2, 0.25) is 0 Å². The molecule has 3 aliphatic rings. The largest absolute Gasteiger partial charge is 0.361 e. The maximum atomic E-state index is 13.6. The van der Waals surface area contributed by atoms with Crippen molar-refractivity contribution in [2.45, 2.75) is 44.2 Å². The zero-order chi connectivity index (χ0) is 24.0. The normalized spacial score (nSPS) is 27.8. The number of benzene rings is 1. The summed E-state index contributed by atoms with van der Waals surface area (Å²) < 4.78 is 0. The second-order valence-electron chi connectivity index (χ2n) is 10.5. The Bertz CT molecular complexity index is 1110. The first kappa shape index (κ1) is 23.1. The summed E-state index contributed by atoms with van der Waals surface area (Å²) in [6, 6.07) is 6.37. The minimum absolute atomic E-state index is 0.118. The summed E-state index contributed by atoms with van der Waals surface area (Å²) in [6.07, 6.45) is 6.73. The quantitative estimate of drug-likeness (QED) is 0.591. The smallest absolute Gasteiger partial charge is 0.318 e. The Kier molecular flexibility index (Phi) is 6.02. The number of amides is 2. The second kappa shape index (κ2) is 8.86. The van der Waals surface area contributed by atoms with Gasteiger partial charge in [-0.05, 0) is 64.0 Å². The lowest BCUT2D eigenvalue weighted by molar-refractivity contribution is -0.115. The van der Waals surface area contributed by atoms with Crippen molar-refractivity contribution in [2.75, 3.05) is 46.8 Å². The Balaban J connectivity index is 1.48. The summed E-state index contributed by atoms with van der Waals surface area (Å²) in [6.45, 7) is 9.41. The SMILES string of the molecule is C=CCN1CC2(CC3c4cccc5[nH]cc(c45)C[C@H]31)C(=O)C2N(CCCN(C)C)C(=O)NCC. The number of rotatable bonds is 8. The van der Waals surface area contributed by atoms with Crippen molar-refractivity contribution in [2.24, 2.45) is 5.41 Å². The fourth-order valence-corrected chi connectivity index (χ4v) is 6.61. The molecule has 2 heterocycles. The number of carbonyl (C=O) groups excluding carboxylic acids is 2. The van der Waals surface area contributed by atoms with Crippen LogP contribution in [0.3, 0.4) is 0 Å². The highest BCUT2D eigenvalue weighted by Crippen LogP contribution is 2.58. The number of nitrogens with zero attached hydrogens (tertiary/aromatic N) is 3. The second-order valence-corrected chi connectivity index (χ2v) is 10.5. The van der Waals surface area contributed by atoms with E-state index in [0.717, 1.165) is 32.4 Å². The van der Waals surface area contributed by atoms with E-state index < -0.39 is 5.41 Å². The molecule has 3 unspecified atom stereocenters. The molecule has 2 N–H and O–H groups in total. The first-order valence-corrected chi connectivity index (χ1v) is 12.6. The number of aromatic amines is 1. The molecule has 0 bridgehead atoms. The number of likely N-dealkylation sites (tertiary alicyclic amines) is 1. The Morgan fingerprint density at radius 3 is 2.91 bits per heavy atom. The minimum atomic E-state index is -0.497. The molecule has 2 aliphatic carbocycles. The van der Waals surface area contributed by atoms with Gasteiger partial charge in [0.25, 0.3) is 0 Å². The van der Waals surface area contributed by atoms with E-state index in [-0.39, 0.29) is 23.8 Å². The number of hydrogen-bond donors (Lipinski definition) is 2. The van der Waals surface area contributed by atoms with Crippen LogP contribution in [0.4, 0.5) is 4.79 Å². The van der Waals surface area contributed by atoms with E-state index in [1.807, 2.05) is 32.0 Å². The third-order valence-electron chi connectivity index (χ3n) is 8.10. The van der Waals surface area contributed by atoms with E-state index in [0.29, 0.717) is 25.7 Å². The van der Waals surface area contributed by atoms with E-state index in [2.05, 4.69) is 51.1 Å². The molecule has 4 atom stereocenters. The zero-order valence-corrected chi connectivity index (χ0v) is 20.6. The molecule has 1 aromatic heterocycles. The van der Waals surface area contributed by atoms with Crippen molar-refractivity contribution in [3.8, 4) is 0 Å². The Morgan fingerprint density at radius 2 is 2.18 bits per heavy atom. The fraction of sp³-hybridized carbons (Fsp3) is 0.556. The third kappa shape index (κ3) is 3.66. The Hall–Kier alpha value is -2.64. The van der Waals surface area contributed by atoms with Crippen LogP contribution < -0.4 is 5.32 Å². The molecule has 1 saturated carbocycles. The molecular weight excluding hydrogens is 426 g/mol. The Morgan fingerprint density at radius 1 is 1.35 bits per heavy atom. The highest BCUT2D eigenvalue weighted by molar-refractivity contribution is 6.10. The third-order valence-corrected chi connectivity index (χ3v) is 8.10. The number of aromatic nitrogens is 1. The maximum Gasteiger partial charge on any atom is 0.318 e. The van der Waals surface area contributed by atoms with Crippen LogP contribution in [0, 0.1) is 5.41 Å². The molecular formula is C27H37N5O2. The van der Waals surface area contributed by atoms with Crippen molar-refractivity contribution in [3.05, 3.63) is 48.2 Å². The lowest BCUT2D eigenvalue weighted by atomic mass is 9.70. The summed E-state index contributed by atoms with van der Waals surface area (Å²) in [5.41, 5.74) is 3.38. The van der Waals surface area contributed by atoms with E-state index in [1.165, 1.54) is 22.0 Å². The number of hydrogen-bond acceptors (Lipinski definition) is 4. The molecule has 0 radical (unpaired) electrons. The molecule has 1 aromatic carbocycles. The minimum Gasteiger partial charge on any atom is -0.361 e. The average molecular weight is 464 g/mol. The molecule has 2 amide bonds. The number of fused-ring (bicyclic) bond motifs is 2. The molecule has 1 saturated heterocycles. The predicted octanol–water partition coefficient (Wildman–Crippen LogP) is 2.99. The monoisotopic (exact) mass is 463 g/mol. The molecule has 7 nitrogen and oxygen atoms in total. The van der Waals surface area contributed by atoms with Gasteiger partial charge >= 0.3 is 6.03 Å². The number of piperidine rings is 1. The lowest BCUT2D eigenvalue weighted by Gasteiger charge is -2.47. The van der Waals surface area contributed by atoms with Gasteiger partial charge in [-0.2, -0.15) is 0 Å². The van der Waals surface area contributed by atoms with E-state index in [1.54, 1.807) is 0 Å². The van der Waals surface area contributed by atoms with Gasteiger partial charge < -0.3 is 20.1 Å². The molecule has 7 heteroatoms. The van der Waals surface area contributed by atoms with Crippen molar-refractivity contribution < 1.29 is 9.59 Å². The standard InChI is InChI=1S/C27H37N5O2/c1-5-11-31-17-27(24(25(27)33)32(26(34)28-6-2)13-8-12-30(3)4)15-20-19-9-7-10-21-23(19)18(16-29-21)14-22(20)31/h5,7,9-10,16,20,22,24,29H,1,6,8,11-15,17H2,2-4H3,(H,28,34)/t20?,22-,24?,27?/m1/s1. The van der Waals surface area contributed by atoms with Crippen LogP contribution in [-0.2, 0) is 11.2 Å². The summed E-state index contributed by atoms with van der Waals surface area (Å²) >= 11 is 0. The fourth-order valence-electron chi connectivity index (χ4n) is 6.61. The van der Waals surface area contributed by atoms with Crippen LogP contribution in [-0.4, -0.2) is 90.4 Å². The predicted molar refractivity (Wildman–Crippen MR) is 135 cm³/mol. The highest BCUT2D eigenvalue weighted by atomic mass is 16.2. The van der Waals surface area contributed by atoms with Crippen molar-refractivity contribution in [3.63, 3.8) is 0 Å². The number of ketones is 1. The molecule has 182 valence electrons. The molecule has 1 spiro atoms. The maximum absolute atomic E-state index is 13.6. The van der Waals surface area contributed by atoms with Crippen LogP contribution in [0.25, 0.3) is 10.9 Å². The number of Topliss-reactive ketones (excluding diaryl/α,β-unsaturated/α-hetero) is 1. The van der Waals surface area contributed by atoms with Crippen LogP contribution in [0.1, 0.15) is 36.8 Å². The molecule has 5 rings (SSSR count). The van der Waals surface area contributed by atoms with Gasteiger partial charge in [0.05, 0.1) is 5.41 Å². The van der Waals surface area contributed by atoms with Crippen LogP contribution in [0.5, 0.6) is 0 Å². The van der Waals surface area contributed by atoms with Crippen molar-refractivity contribution in [1.29, 1.82) is 0 Å².